The van der Waals surface area contributed by atoms with E-state index in [1.807, 2.05) is 6.92 Å². The molecule has 0 saturated carbocycles. The second-order valence-electron chi connectivity index (χ2n) is 7.25. The molecule has 0 bridgehead atoms. The molecule has 166 valence electrons. The molecule has 0 fully saturated rings. The van der Waals surface area contributed by atoms with E-state index >= 15 is 0 Å². The fourth-order valence-corrected chi connectivity index (χ4v) is 5.64. The van der Waals surface area contributed by atoms with Crippen molar-refractivity contribution in [1.29, 1.82) is 0 Å². The number of ether oxygens (including phenoxy) is 1. The minimum Gasteiger partial charge on any atom is -0.497 e. The monoisotopic (exact) mass is 471 g/mol. The van der Waals surface area contributed by atoms with E-state index in [9.17, 15) is 16.8 Å². The van der Waals surface area contributed by atoms with E-state index in [1.165, 1.54) is 16.4 Å². The maximum absolute atomic E-state index is 13.1. The first-order chi connectivity index (χ1) is 15.2. The molecule has 0 amide bonds. The van der Waals surface area contributed by atoms with Crippen molar-refractivity contribution < 1.29 is 25.8 Å². The highest BCUT2D eigenvalue weighted by molar-refractivity contribution is 7.96. The molecule has 0 radical (unpaired) electrons. The van der Waals surface area contributed by atoms with Gasteiger partial charge in [0.1, 0.15) is 10.6 Å². The predicted octanol–water partition coefficient (Wildman–Crippen LogP) is 4.06. The molecule has 0 spiro atoms. The fourth-order valence-electron chi connectivity index (χ4n) is 3.31. The minimum absolute atomic E-state index is 0.0560. The molecule has 9 heteroatoms. The van der Waals surface area contributed by atoms with E-state index in [2.05, 4.69) is 0 Å². The van der Waals surface area contributed by atoms with Crippen molar-refractivity contribution in [2.24, 2.45) is 0 Å². The van der Waals surface area contributed by atoms with Gasteiger partial charge in [-0.25, -0.2) is 8.42 Å². The van der Waals surface area contributed by atoms with Crippen LogP contribution in [0, 0.1) is 6.92 Å². The highest BCUT2D eigenvalue weighted by Gasteiger charge is 2.33. The molecule has 0 saturated heterocycles. The van der Waals surface area contributed by atoms with Crippen LogP contribution in [0.1, 0.15) is 16.7 Å². The molecule has 0 N–H and O–H groups in total. The first-order valence-electron chi connectivity index (χ1n) is 9.67. The van der Waals surface area contributed by atoms with Gasteiger partial charge in [-0.15, -0.1) is 0 Å². The number of fused-ring (bicyclic) bond motifs is 1. The summed E-state index contributed by atoms with van der Waals surface area (Å²) in [5.74, 6) is 0.416. The van der Waals surface area contributed by atoms with E-state index in [0.29, 0.717) is 17.0 Å². The summed E-state index contributed by atoms with van der Waals surface area (Å²) in [5.41, 5.74) is 2.34. The molecular weight excluding hydrogens is 450 g/mol. The normalized spacial score (nSPS) is 14.9. The van der Waals surface area contributed by atoms with Crippen LogP contribution in [0.3, 0.4) is 0 Å². The largest absolute Gasteiger partial charge is 0.497 e. The van der Waals surface area contributed by atoms with Crippen LogP contribution in [0.5, 0.6) is 5.75 Å². The summed E-state index contributed by atoms with van der Waals surface area (Å²) < 4.78 is 63.4. The topological polar surface area (TPSA) is 90.0 Å². The predicted molar refractivity (Wildman–Crippen MR) is 122 cm³/mol. The number of nitrogens with zero attached hydrogens (tertiary/aromatic N) is 1. The van der Waals surface area contributed by atoms with Crippen LogP contribution >= 0.6 is 0 Å². The fraction of sp³-hybridized carbons (Fsp3) is 0.130. The number of hydrogen-bond acceptors (Lipinski definition) is 6. The van der Waals surface area contributed by atoms with Crippen molar-refractivity contribution >= 4 is 31.6 Å². The van der Waals surface area contributed by atoms with Crippen LogP contribution in [0.4, 0.5) is 5.69 Å². The van der Waals surface area contributed by atoms with Gasteiger partial charge in [0.25, 0.3) is 10.0 Å². The molecule has 3 aromatic rings. The van der Waals surface area contributed by atoms with Gasteiger partial charge < -0.3 is 8.92 Å². The Morgan fingerprint density at radius 1 is 0.906 bits per heavy atom. The third kappa shape index (κ3) is 4.35. The number of hydrogen-bond donors (Lipinski definition) is 0. The van der Waals surface area contributed by atoms with Crippen molar-refractivity contribution in [3.8, 4) is 5.75 Å². The summed E-state index contributed by atoms with van der Waals surface area (Å²) in [6.45, 7) is 1.90. The summed E-state index contributed by atoms with van der Waals surface area (Å²) in [7, 11) is -6.68. The van der Waals surface area contributed by atoms with Gasteiger partial charge >= 0.3 is 10.1 Å². The summed E-state index contributed by atoms with van der Waals surface area (Å²) in [5, 5.41) is 0.852. The van der Waals surface area contributed by atoms with Crippen LogP contribution < -0.4 is 9.04 Å². The second kappa shape index (κ2) is 8.33. The van der Waals surface area contributed by atoms with Gasteiger partial charge in [-0.3, -0.25) is 4.31 Å². The van der Waals surface area contributed by atoms with Crippen molar-refractivity contribution in [2.45, 2.75) is 18.4 Å². The second-order valence-corrected chi connectivity index (χ2v) is 10.5. The van der Waals surface area contributed by atoms with Gasteiger partial charge in [-0.2, -0.15) is 8.42 Å². The number of methoxy groups -OCH3 is 1. The molecule has 0 aliphatic carbocycles. The molecule has 4 rings (SSSR count). The van der Waals surface area contributed by atoms with Crippen molar-refractivity contribution in [1.82, 2.24) is 0 Å². The van der Waals surface area contributed by atoms with Gasteiger partial charge in [0.05, 0.1) is 24.7 Å². The molecule has 0 atom stereocenters. The zero-order chi connectivity index (χ0) is 22.9. The quantitative estimate of drug-likeness (QED) is 0.504. The Balaban J connectivity index is 1.71. The summed E-state index contributed by atoms with van der Waals surface area (Å²) in [6, 6.07) is 19.8. The Hall–Kier alpha value is -3.30. The van der Waals surface area contributed by atoms with Crippen LogP contribution in [-0.2, 0) is 30.9 Å². The minimum atomic E-state index is -4.22. The summed E-state index contributed by atoms with van der Waals surface area (Å²) in [4.78, 5) is -0.0560. The lowest BCUT2D eigenvalue weighted by Gasteiger charge is -2.29. The average molecular weight is 472 g/mol. The Labute approximate surface area is 187 Å². The van der Waals surface area contributed by atoms with Crippen LogP contribution in [0.15, 0.2) is 83.1 Å². The van der Waals surface area contributed by atoms with E-state index in [-0.39, 0.29) is 17.2 Å². The first-order valence-corrected chi connectivity index (χ1v) is 12.6. The van der Waals surface area contributed by atoms with Crippen molar-refractivity contribution in [3.63, 3.8) is 0 Å². The smallest absolute Gasteiger partial charge is 0.339 e. The van der Waals surface area contributed by atoms with Crippen LogP contribution in [-0.4, -0.2) is 23.9 Å². The molecule has 0 unspecified atom stereocenters. The summed E-state index contributed by atoms with van der Waals surface area (Å²) in [6.07, 6.45) is 0. The number of anilines is 1. The van der Waals surface area contributed by atoms with Gasteiger partial charge in [0, 0.05) is 5.56 Å². The Kier molecular flexibility index (Phi) is 5.70. The first kappa shape index (κ1) is 21.9. The highest BCUT2D eigenvalue weighted by Crippen LogP contribution is 2.38. The van der Waals surface area contributed by atoms with Gasteiger partial charge in [-0.05, 0) is 48.9 Å². The third-order valence-electron chi connectivity index (χ3n) is 5.00. The number of para-hydroxylation sites is 1. The number of rotatable bonds is 6. The van der Waals surface area contributed by atoms with E-state index in [1.54, 1.807) is 67.8 Å². The zero-order valence-corrected chi connectivity index (χ0v) is 19.1. The standard InChI is InChI=1S/C23H21NO6S2/c1-17-7-13-20(14-8-17)32(27,28)30-23-16-31(25,26)24(22-6-4-3-5-21(22)23)15-18-9-11-19(29-2)12-10-18/h3-14,16H,15H2,1-2H3. The maximum Gasteiger partial charge on any atom is 0.339 e. The number of sulfonamides is 1. The molecule has 1 aliphatic heterocycles. The van der Waals surface area contributed by atoms with Crippen LogP contribution in [0.2, 0.25) is 0 Å². The SMILES string of the molecule is COc1ccc(CN2c3ccccc3C(OS(=O)(=O)c3ccc(C)cc3)=CS2(=O)=O)cc1. The van der Waals surface area contributed by atoms with E-state index < -0.39 is 20.1 Å². The molecule has 1 aliphatic rings. The molecule has 1 heterocycles. The summed E-state index contributed by atoms with van der Waals surface area (Å²) >= 11 is 0. The van der Waals surface area contributed by atoms with Gasteiger partial charge in [0.2, 0.25) is 0 Å². The highest BCUT2D eigenvalue weighted by atomic mass is 32.2. The molecule has 32 heavy (non-hydrogen) atoms. The lowest BCUT2D eigenvalue weighted by molar-refractivity contribution is 0.414. The zero-order valence-electron chi connectivity index (χ0n) is 17.4. The molecule has 3 aromatic carbocycles. The Bertz CT molecular complexity index is 1380. The van der Waals surface area contributed by atoms with Crippen molar-refractivity contribution in [3.05, 3.63) is 94.9 Å². The molecular formula is C23H21NO6S2. The Morgan fingerprint density at radius 2 is 1.56 bits per heavy atom. The molecule has 7 nitrogen and oxygen atoms in total. The van der Waals surface area contributed by atoms with Gasteiger partial charge in [-0.1, -0.05) is 42.0 Å². The number of benzene rings is 3. The van der Waals surface area contributed by atoms with E-state index in [0.717, 1.165) is 16.5 Å². The molecule has 0 aromatic heterocycles. The number of aryl methyl sites for hydroxylation is 1. The maximum atomic E-state index is 13.1. The third-order valence-corrected chi connectivity index (χ3v) is 7.70. The van der Waals surface area contributed by atoms with Gasteiger partial charge in [0.15, 0.2) is 5.76 Å². The lowest BCUT2D eigenvalue weighted by atomic mass is 10.1. The van der Waals surface area contributed by atoms with E-state index in [4.69, 9.17) is 8.92 Å². The van der Waals surface area contributed by atoms with Crippen LogP contribution in [0.25, 0.3) is 5.76 Å². The van der Waals surface area contributed by atoms with Crippen molar-refractivity contribution in [2.75, 3.05) is 11.4 Å². The average Bonchev–Trinajstić information content (AvgIpc) is 2.77. The lowest BCUT2D eigenvalue weighted by Crippen LogP contribution is -2.32. The Morgan fingerprint density at radius 3 is 2.22 bits per heavy atom.